The summed E-state index contributed by atoms with van der Waals surface area (Å²) in [6.45, 7) is 0.0520. The van der Waals surface area contributed by atoms with Crippen LogP contribution >= 0.6 is 0 Å². The van der Waals surface area contributed by atoms with Crippen LogP contribution in [0, 0.1) is 0 Å². The summed E-state index contributed by atoms with van der Waals surface area (Å²) in [4.78, 5) is 25.2. The summed E-state index contributed by atoms with van der Waals surface area (Å²) in [5.74, 6) is -0.409. The normalized spacial score (nSPS) is 17.1. The number of fused-ring (bicyclic) bond motifs is 1. The van der Waals surface area contributed by atoms with Crippen molar-refractivity contribution in [2.45, 2.75) is 19.0 Å². The summed E-state index contributed by atoms with van der Waals surface area (Å²) in [6, 6.07) is 20.2. The van der Waals surface area contributed by atoms with Gasteiger partial charge in [-0.2, -0.15) is 0 Å². The number of benzene rings is 3. The summed E-state index contributed by atoms with van der Waals surface area (Å²) >= 11 is 0. The number of hydrogen-bond donors (Lipinski definition) is 2. The van der Waals surface area contributed by atoms with Crippen LogP contribution < -0.4 is 15.4 Å². The third kappa shape index (κ3) is 5.45. The fraction of sp³-hybridized carbons (Fsp3) is 0.250. The molecule has 1 saturated heterocycles. The van der Waals surface area contributed by atoms with Gasteiger partial charge in [-0.05, 0) is 34.9 Å². The molecule has 3 aromatic rings. The Morgan fingerprint density at radius 3 is 2.34 bits per heavy atom. The number of carbonyl (C=O) groups is 2. The zero-order valence-electron chi connectivity index (χ0n) is 17.4. The maximum absolute atomic E-state index is 12.9. The van der Waals surface area contributed by atoms with Crippen molar-refractivity contribution in [3.8, 4) is 5.75 Å². The number of carbonyl (C=O) groups excluding carboxylic acids is 2. The molecule has 8 heteroatoms. The van der Waals surface area contributed by atoms with Crippen LogP contribution in [0.1, 0.15) is 22.3 Å². The van der Waals surface area contributed by atoms with Crippen molar-refractivity contribution in [1.29, 1.82) is 0 Å². The van der Waals surface area contributed by atoms with Gasteiger partial charge in [0.1, 0.15) is 5.75 Å². The first-order valence-electron chi connectivity index (χ1n) is 10.4. The van der Waals surface area contributed by atoms with Crippen LogP contribution in [0.4, 0.5) is 0 Å². The van der Waals surface area contributed by atoms with Crippen molar-refractivity contribution >= 4 is 32.4 Å². The zero-order valence-corrected chi connectivity index (χ0v) is 18.2. The Morgan fingerprint density at radius 2 is 1.66 bits per heavy atom. The van der Waals surface area contributed by atoms with E-state index in [4.69, 9.17) is 4.74 Å². The number of amides is 2. The Kier molecular flexibility index (Phi) is 6.41. The highest BCUT2D eigenvalue weighted by Gasteiger charge is 2.29. The molecular weight excluding hydrogens is 428 g/mol. The van der Waals surface area contributed by atoms with E-state index in [1.54, 1.807) is 12.1 Å². The molecule has 1 unspecified atom stereocenters. The van der Waals surface area contributed by atoms with E-state index in [-0.39, 0.29) is 24.0 Å². The van der Waals surface area contributed by atoms with Crippen molar-refractivity contribution in [3.05, 3.63) is 77.9 Å². The molecule has 166 valence electrons. The van der Waals surface area contributed by atoms with Crippen LogP contribution in [0.15, 0.2) is 66.7 Å². The summed E-state index contributed by atoms with van der Waals surface area (Å²) < 4.78 is 28.9. The van der Waals surface area contributed by atoms with Gasteiger partial charge in [-0.25, -0.2) is 8.42 Å². The van der Waals surface area contributed by atoms with Gasteiger partial charge in [0, 0.05) is 12.6 Å². The molecule has 1 aliphatic rings. The Balaban J connectivity index is 1.48. The number of sulfone groups is 1. The summed E-state index contributed by atoms with van der Waals surface area (Å²) in [5, 5.41) is 7.34. The molecule has 0 saturated carbocycles. The van der Waals surface area contributed by atoms with E-state index < -0.39 is 21.8 Å². The quantitative estimate of drug-likeness (QED) is 0.573. The van der Waals surface area contributed by atoms with Gasteiger partial charge in [0.2, 0.25) is 0 Å². The largest absolute Gasteiger partial charge is 0.483 e. The number of rotatable bonds is 7. The molecule has 1 heterocycles. The lowest BCUT2D eigenvalue weighted by Gasteiger charge is -2.15. The Bertz CT molecular complexity index is 1240. The lowest BCUT2D eigenvalue weighted by Crippen LogP contribution is -2.38. The van der Waals surface area contributed by atoms with Crippen molar-refractivity contribution < 1.29 is 22.7 Å². The molecule has 0 radical (unpaired) electrons. The molecular formula is C24H24N2O5S. The Hall–Kier alpha value is -3.39. The molecule has 32 heavy (non-hydrogen) atoms. The molecule has 2 N–H and O–H groups in total. The lowest BCUT2D eigenvalue weighted by molar-refractivity contribution is -0.123. The second-order valence-corrected chi connectivity index (χ2v) is 10.0. The fourth-order valence-corrected chi connectivity index (χ4v) is 5.38. The van der Waals surface area contributed by atoms with Gasteiger partial charge in [0.15, 0.2) is 16.4 Å². The van der Waals surface area contributed by atoms with Gasteiger partial charge in [-0.1, -0.05) is 54.6 Å². The first kappa shape index (κ1) is 21.8. The summed E-state index contributed by atoms with van der Waals surface area (Å²) in [5.41, 5.74) is 1.30. The van der Waals surface area contributed by atoms with Gasteiger partial charge in [-0.3, -0.25) is 9.59 Å². The van der Waals surface area contributed by atoms with E-state index in [1.807, 2.05) is 54.6 Å². The minimum absolute atomic E-state index is 0.0537. The average molecular weight is 453 g/mol. The predicted octanol–water partition coefficient (Wildman–Crippen LogP) is 2.45. The average Bonchev–Trinajstić information content (AvgIpc) is 3.14. The Morgan fingerprint density at radius 1 is 0.969 bits per heavy atom. The van der Waals surface area contributed by atoms with E-state index in [9.17, 15) is 18.0 Å². The van der Waals surface area contributed by atoms with E-state index >= 15 is 0 Å². The molecule has 1 fully saturated rings. The maximum atomic E-state index is 12.9. The highest BCUT2D eigenvalue weighted by Crippen LogP contribution is 2.26. The van der Waals surface area contributed by atoms with Crippen molar-refractivity contribution in [1.82, 2.24) is 10.6 Å². The highest BCUT2D eigenvalue weighted by atomic mass is 32.2. The first-order valence-corrected chi connectivity index (χ1v) is 12.2. The topological polar surface area (TPSA) is 102 Å². The van der Waals surface area contributed by atoms with Crippen molar-refractivity contribution in [2.24, 2.45) is 0 Å². The standard InChI is InChI=1S/C24H24N2O5S/c27-23(26-20-10-11-32(29,30)16-20)15-31-22-13-19-9-5-4-8-18(19)12-21(22)24(28)25-14-17-6-2-1-3-7-17/h1-9,12-13,20H,10-11,14-16H2,(H,25,28)(H,26,27). The molecule has 4 rings (SSSR count). The number of hydrogen-bond acceptors (Lipinski definition) is 5. The summed E-state index contributed by atoms with van der Waals surface area (Å²) in [7, 11) is -3.09. The smallest absolute Gasteiger partial charge is 0.258 e. The fourth-order valence-electron chi connectivity index (χ4n) is 3.71. The number of nitrogens with one attached hydrogen (secondary N) is 2. The molecule has 3 aromatic carbocycles. The van der Waals surface area contributed by atoms with E-state index in [0.717, 1.165) is 16.3 Å². The molecule has 0 bridgehead atoms. The summed E-state index contributed by atoms with van der Waals surface area (Å²) in [6.07, 6.45) is 0.400. The van der Waals surface area contributed by atoms with Crippen LogP contribution in [-0.4, -0.2) is 44.4 Å². The van der Waals surface area contributed by atoms with Crippen LogP contribution in [0.2, 0.25) is 0 Å². The third-order valence-corrected chi connectivity index (χ3v) is 7.11. The monoisotopic (exact) mass is 452 g/mol. The minimum Gasteiger partial charge on any atom is -0.483 e. The van der Waals surface area contributed by atoms with Crippen LogP contribution in [0.5, 0.6) is 5.75 Å². The lowest BCUT2D eigenvalue weighted by atomic mass is 10.1. The van der Waals surface area contributed by atoms with Crippen molar-refractivity contribution in [3.63, 3.8) is 0 Å². The van der Waals surface area contributed by atoms with Crippen LogP contribution in [0.3, 0.4) is 0 Å². The Labute approximate surface area is 186 Å². The SMILES string of the molecule is O=C(COc1cc2ccccc2cc1C(=O)NCc1ccccc1)NC1CCS(=O)(=O)C1. The number of ether oxygens (including phenoxy) is 1. The van der Waals surface area contributed by atoms with Crippen LogP contribution in [-0.2, 0) is 21.2 Å². The first-order chi connectivity index (χ1) is 15.4. The highest BCUT2D eigenvalue weighted by molar-refractivity contribution is 7.91. The molecule has 1 atom stereocenters. The van der Waals surface area contributed by atoms with Gasteiger partial charge < -0.3 is 15.4 Å². The third-order valence-electron chi connectivity index (χ3n) is 5.34. The molecule has 0 spiro atoms. The maximum Gasteiger partial charge on any atom is 0.258 e. The van der Waals surface area contributed by atoms with Crippen LogP contribution in [0.25, 0.3) is 10.8 Å². The molecule has 7 nitrogen and oxygen atoms in total. The van der Waals surface area contributed by atoms with Gasteiger partial charge >= 0.3 is 0 Å². The molecule has 0 aliphatic carbocycles. The molecule has 0 aromatic heterocycles. The second-order valence-electron chi connectivity index (χ2n) is 7.82. The van der Waals surface area contributed by atoms with E-state index in [1.165, 1.54) is 0 Å². The van der Waals surface area contributed by atoms with Gasteiger partial charge in [0.05, 0.1) is 17.1 Å². The second kappa shape index (κ2) is 9.40. The van der Waals surface area contributed by atoms with Gasteiger partial charge in [0.25, 0.3) is 11.8 Å². The minimum atomic E-state index is -3.09. The molecule has 2 amide bonds. The predicted molar refractivity (Wildman–Crippen MR) is 122 cm³/mol. The van der Waals surface area contributed by atoms with E-state index in [0.29, 0.717) is 24.3 Å². The van der Waals surface area contributed by atoms with Gasteiger partial charge in [-0.15, -0.1) is 0 Å². The van der Waals surface area contributed by atoms with Crippen molar-refractivity contribution in [2.75, 3.05) is 18.1 Å². The zero-order chi connectivity index (χ0) is 22.6. The molecule has 1 aliphatic heterocycles. The van der Waals surface area contributed by atoms with E-state index in [2.05, 4.69) is 10.6 Å².